The Labute approximate surface area is 131 Å². The van der Waals surface area contributed by atoms with Crippen LogP contribution in [0, 0.1) is 0 Å². The summed E-state index contributed by atoms with van der Waals surface area (Å²) in [5.41, 5.74) is -0.753. The number of nitrogens with zero attached hydrogens (tertiary/aromatic N) is 1. The summed E-state index contributed by atoms with van der Waals surface area (Å²) in [4.78, 5) is 15.7. The SMILES string of the molecule is CC1(NC(=O)c2ccc(OCC(F)(F)F)nc2)CCS(=O)(=O)C1. The lowest BCUT2D eigenvalue weighted by Gasteiger charge is -2.23. The zero-order valence-corrected chi connectivity index (χ0v) is 13.0. The summed E-state index contributed by atoms with van der Waals surface area (Å²) in [7, 11) is -3.17. The fourth-order valence-electron chi connectivity index (χ4n) is 2.21. The van der Waals surface area contributed by atoms with Gasteiger partial charge in [-0.25, -0.2) is 13.4 Å². The normalized spacial score (nSPS) is 23.5. The first kappa shape index (κ1) is 17.5. The molecular weight excluding hydrogens is 337 g/mol. The molecule has 1 N–H and O–H groups in total. The largest absolute Gasteiger partial charge is 0.468 e. The standard InChI is InChI=1S/C13H15F3N2O4S/c1-12(4-5-23(20,21)8-12)18-11(19)9-2-3-10(17-6-9)22-7-13(14,15)16/h2-3,6H,4-5,7-8H2,1H3,(H,18,19). The smallest absolute Gasteiger partial charge is 0.422 e. The Morgan fingerprint density at radius 2 is 2.13 bits per heavy atom. The summed E-state index contributed by atoms with van der Waals surface area (Å²) in [6, 6.07) is 2.41. The van der Waals surface area contributed by atoms with E-state index in [0.717, 1.165) is 12.3 Å². The van der Waals surface area contributed by atoms with E-state index in [9.17, 15) is 26.4 Å². The van der Waals surface area contributed by atoms with Gasteiger partial charge in [-0.05, 0) is 19.4 Å². The van der Waals surface area contributed by atoms with Crippen molar-refractivity contribution in [2.24, 2.45) is 0 Å². The molecule has 1 unspecified atom stereocenters. The number of alkyl halides is 3. The van der Waals surface area contributed by atoms with Gasteiger partial charge in [0.2, 0.25) is 5.88 Å². The molecule has 1 aromatic heterocycles. The van der Waals surface area contributed by atoms with Crippen LogP contribution in [0.3, 0.4) is 0 Å². The molecule has 10 heteroatoms. The molecule has 0 aromatic carbocycles. The fraction of sp³-hybridized carbons (Fsp3) is 0.538. The van der Waals surface area contributed by atoms with Gasteiger partial charge < -0.3 is 10.1 Å². The summed E-state index contributed by atoms with van der Waals surface area (Å²) in [5, 5.41) is 2.62. The number of hydrogen-bond acceptors (Lipinski definition) is 5. The monoisotopic (exact) mass is 352 g/mol. The molecule has 1 amide bonds. The van der Waals surface area contributed by atoms with Crippen molar-refractivity contribution in [1.82, 2.24) is 10.3 Å². The van der Waals surface area contributed by atoms with Gasteiger partial charge in [0.15, 0.2) is 16.4 Å². The maximum atomic E-state index is 12.1. The summed E-state index contributed by atoms with van der Waals surface area (Å²) >= 11 is 0. The Kier molecular flexibility index (Phi) is 4.56. The second-order valence-corrected chi connectivity index (χ2v) is 7.83. The average Bonchev–Trinajstić information content (AvgIpc) is 2.70. The zero-order valence-electron chi connectivity index (χ0n) is 12.2. The molecule has 0 bridgehead atoms. The minimum Gasteiger partial charge on any atom is -0.468 e. The molecule has 0 aliphatic carbocycles. The third-order valence-corrected chi connectivity index (χ3v) is 5.20. The first-order valence-electron chi connectivity index (χ1n) is 6.67. The molecule has 1 atom stereocenters. The Morgan fingerprint density at radius 1 is 1.43 bits per heavy atom. The molecule has 2 heterocycles. The van der Waals surface area contributed by atoms with Crippen LogP contribution in [0.2, 0.25) is 0 Å². The number of aromatic nitrogens is 1. The number of nitrogens with one attached hydrogen (secondary N) is 1. The topological polar surface area (TPSA) is 85.4 Å². The first-order valence-corrected chi connectivity index (χ1v) is 8.49. The number of carbonyl (C=O) groups excluding carboxylic acids is 1. The summed E-state index contributed by atoms with van der Waals surface area (Å²) in [5.74, 6) is -0.939. The van der Waals surface area contributed by atoms with Crippen molar-refractivity contribution in [3.05, 3.63) is 23.9 Å². The van der Waals surface area contributed by atoms with Crippen molar-refractivity contribution in [2.75, 3.05) is 18.1 Å². The third-order valence-electron chi connectivity index (χ3n) is 3.30. The number of hydrogen-bond donors (Lipinski definition) is 1. The molecule has 1 aliphatic rings. The lowest BCUT2D eigenvalue weighted by Crippen LogP contribution is -2.46. The third kappa shape index (κ3) is 5.08. The predicted molar refractivity (Wildman–Crippen MR) is 74.9 cm³/mol. The van der Waals surface area contributed by atoms with Gasteiger partial charge in [-0.1, -0.05) is 0 Å². The van der Waals surface area contributed by atoms with Crippen molar-refractivity contribution >= 4 is 15.7 Å². The van der Waals surface area contributed by atoms with Crippen molar-refractivity contribution in [1.29, 1.82) is 0 Å². The molecule has 1 aromatic rings. The van der Waals surface area contributed by atoms with Gasteiger partial charge in [-0.2, -0.15) is 13.2 Å². The highest BCUT2D eigenvalue weighted by Gasteiger charge is 2.39. The highest BCUT2D eigenvalue weighted by Crippen LogP contribution is 2.23. The van der Waals surface area contributed by atoms with Gasteiger partial charge in [-0.15, -0.1) is 0 Å². The van der Waals surface area contributed by atoms with E-state index < -0.39 is 34.1 Å². The Hall–Kier alpha value is -1.84. The minimum atomic E-state index is -4.47. The van der Waals surface area contributed by atoms with Gasteiger partial charge in [0.25, 0.3) is 5.91 Å². The van der Waals surface area contributed by atoms with Gasteiger partial charge in [0.05, 0.1) is 22.6 Å². The number of ether oxygens (including phenoxy) is 1. The van der Waals surface area contributed by atoms with Crippen LogP contribution in [-0.4, -0.2) is 49.1 Å². The van der Waals surface area contributed by atoms with Crippen molar-refractivity contribution in [3.8, 4) is 5.88 Å². The van der Waals surface area contributed by atoms with Crippen LogP contribution in [0.1, 0.15) is 23.7 Å². The maximum Gasteiger partial charge on any atom is 0.422 e. The molecule has 1 fully saturated rings. The molecule has 23 heavy (non-hydrogen) atoms. The minimum absolute atomic E-state index is 0.00620. The Bertz CT molecular complexity index is 688. The van der Waals surface area contributed by atoms with E-state index in [-0.39, 0.29) is 22.9 Å². The van der Waals surface area contributed by atoms with Crippen LogP contribution in [0.4, 0.5) is 13.2 Å². The molecule has 2 rings (SSSR count). The van der Waals surface area contributed by atoms with E-state index in [1.54, 1.807) is 6.92 Å². The molecule has 6 nitrogen and oxygen atoms in total. The van der Waals surface area contributed by atoms with E-state index in [4.69, 9.17) is 0 Å². The lowest BCUT2D eigenvalue weighted by molar-refractivity contribution is -0.154. The van der Waals surface area contributed by atoms with Crippen LogP contribution in [0.5, 0.6) is 5.88 Å². The van der Waals surface area contributed by atoms with Crippen molar-refractivity contribution < 1.29 is 31.1 Å². The van der Waals surface area contributed by atoms with Gasteiger partial charge in [0, 0.05) is 12.3 Å². The van der Waals surface area contributed by atoms with Gasteiger partial charge in [0.1, 0.15) is 0 Å². The lowest BCUT2D eigenvalue weighted by atomic mass is 10.0. The van der Waals surface area contributed by atoms with Crippen molar-refractivity contribution in [3.63, 3.8) is 0 Å². The van der Waals surface area contributed by atoms with Crippen LogP contribution in [0.15, 0.2) is 18.3 Å². The number of amides is 1. The second kappa shape index (κ2) is 5.99. The van der Waals surface area contributed by atoms with E-state index in [1.165, 1.54) is 6.07 Å². The molecule has 0 saturated carbocycles. The van der Waals surface area contributed by atoms with Gasteiger partial charge in [-0.3, -0.25) is 4.79 Å². The number of rotatable bonds is 4. The maximum absolute atomic E-state index is 12.1. The molecule has 1 aliphatic heterocycles. The molecule has 128 valence electrons. The summed E-state index contributed by atoms with van der Waals surface area (Å²) in [6.07, 6.45) is -3.09. The molecular formula is C13H15F3N2O4S. The fourth-order valence-corrected chi connectivity index (χ4v) is 4.30. The molecule has 1 saturated heterocycles. The number of halogens is 3. The predicted octanol–water partition coefficient (Wildman–Crippen LogP) is 1.33. The van der Waals surface area contributed by atoms with Crippen LogP contribution >= 0.6 is 0 Å². The molecule has 0 spiro atoms. The summed E-state index contributed by atoms with van der Waals surface area (Å²) < 4.78 is 63.5. The first-order chi connectivity index (χ1) is 10.5. The zero-order chi connectivity index (χ0) is 17.3. The highest BCUT2D eigenvalue weighted by atomic mass is 32.2. The summed E-state index contributed by atoms with van der Waals surface area (Å²) in [6.45, 7) is 0.158. The van der Waals surface area contributed by atoms with Gasteiger partial charge >= 0.3 is 6.18 Å². The molecule has 0 radical (unpaired) electrons. The number of sulfone groups is 1. The number of pyridine rings is 1. The van der Waals surface area contributed by atoms with E-state index in [1.807, 2.05) is 0 Å². The van der Waals surface area contributed by atoms with Crippen LogP contribution < -0.4 is 10.1 Å². The Morgan fingerprint density at radius 3 is 2.61 bits per heavy atom. The second-order valence-electron chi connectivity index (χ2n) is 5.65. The van der Waals surface area contributed by atoms with E-state index in [2.05, 4.69) is 15.0 Å². The Balaban J connectivity index is 1.98. The average molecular weight is 352 g/mol. The number of carbonyl (C=O) groups is 1. The quantitative estimate of drug-likeness (QED) is 0.884. The highest BCUT2D eigenvalue weighted by molar-refractivity contribution is 7.91. The van der Waals surface area contributed by atoms with Crippen molar-refractivity contribution in [2.45, 2.75) is 25.1 Å². The van der Waals surface area contributed by atoms with E-state index >= 15 is 0 Å². The van der Waals surface area contributed by atoms with Crippen LogP contribution in [0.25, 0.3) is 0 Å². The van der Waals surface area contributed by atoms with E-state index in [0.29, 0.717) is 6.42 Å². The van der Waals surface area contributed by atoms with Crippen LogP contribution in [-0.2, 0) is 9.84 Å².